The van der Waals surface area contributed by atoms with Crippen LogP contribution in [0.15, 0.2) is 35.7 Å². The van der Waals surface area contributed by atoms with Crippen LogP contribution in [-0.2, 0) is 9.53 Å². The van der Waals surface area contributed by atoms with Crippen molar-refractivity contribution in [3.8, 4) is 5.69 Å². The van der Waals surface area contributed by atoms with Crippen LogP contribution < -0.4 is 10.6 Å². The van der Waals surface area contributed by atoms with Gasteiger partial charge in [0.05, 0.1) is 18.0 Å². The highest BCUT2D eigenvalue weighted by atomic mass is 32.2. The second kappa shape index (κ2) is 9.24. The molecule has 0 fully saturated rings. The molecular formula is C17H22N4O3S. The molecule has 0 aliphatic heterocycles. The van der Waals surface area contributed by atoms with Crippen LogP contribution in [0, 0.1) is 13.8 Å². The summed E-state index contributed by atoms with van der Waals surface area (Å²) in [5.41, 5.74) is 3.37. The molecule has 0 saturated heterocycles. The molecule has 1 aromatic carbocycles. The van der Waals surface area contributed by atoms with Crippen LogP contribution in [0.5, 0.6) is 0 Å². The van der Waals surface area contributed by atoms with Gasteiger partial charge in [0.1, 0.15) is 0 Å². The molecule has 25 heavy (non-hydrogen) atoms. The summed E-state index contributed by atoms with van der Waals surface area (Å²) in [6.07, 6.45) is 3.55. The van der Waals surface area contributed by atoms with Gasteiger partial charge in [0.25, 0.3) is 0 Å². The normalized spacial score (nSPS) is 10.5. The van der Waals surface area contributed by atoms with Crippen LogP contribution in [0.2, 0.25) is 0 Å². The third-order valence-electron chi connectivity index (χ3n) is 3.62. The molecular weight excluding hydrogens is 340 g/mol. The average Bonchev–Trinajstić information content (AvgIpc) is 3.04. The first-order valence-corrected chi connectivity index (χ1v) is 8.81. The van der Waals surface area contributed by atoms with Gasteiger partial charge in [-0.3, -0.25) is 14.7 Å². The van der Waals surface area contributed by atoms with Gasteiger partial charge in [-0.05, 0) is 31.0 Å². The van der Waals surface area contributed by atoms with Gasteiger partial charge >= 0.3 is 6.03 Å². The fourth-order valence-corrected chi connectivity index (χ4v) is 2.95. The maximum Gasteiger partial charge on any atom is 0.321 e. The number of nitrogens with one attached hydrogen (secondary N) is 2. The number of thioether (sulfide) groups is 1. The smallest absolute Gasteiger partial charge is 0.321 e. The lowest BCUT2D eigenvalue weighted by atomic mass is 10.1. The molecule has 0 radical (unpaired) electrons. The topological polar surface area (TPSA) is 85.2 Å². The number of aromatic nitrogens is 2. The van der Waals surface area contributed by atoms with Gasteiger partial charge in [0.2, 0.25) is 5.91 Å². The monoisotopic (exact) mass is 362 g/mol. The molecule has 0 aliphatic carbocycles. The third kappa shape index (κ3) is 5.33. The van der Waals surface area contributed by atoms with Crippen molar-refractivity contribution in [2.75, 3.05) is 26.0 Å². The molecule has 2 aromatic rings. The summed E-state index contributed by atoms with van der Waals surface area (Å²) < 4.78 is 6.77. The molecule has 0 atom stereocenters. The Labute approximate surface area is 151 Å². The quantitative estimate of drug-likeness (QED) is 0.582. The van der Waals surface area contributed by atoms with E-state index < -0.39 is 6.03 Å². The van der Waals surface area contributed by atoms with Crippen molar-refractivity contribution < 1.29 is 14.3 Å². The molecule has 2 rings (SSSR count). The van der Waals surface area contributed by atoms with Gasteiger partial charge in [0.15, 0.2) is 5.16 Å². The number of ether oxygens (including phenoxy) is 1. The van der Waals surface area contributed by atoms with Crippen molar-refractivity contribution in [1.29, 1.82) is 0 Å². The summed E-state index contributed by atoms with van der Waals surface area (Å²) in [5.74, 6) is -0.282. The summed E-state index contributed by atoms with van der Waals surface area (Å²) in [5, 5.41) is 5.51. The predicted octanol–water partition coefficient (Wildman–Crippen LogP) is 2.05. The van der Waals surface area contributed by atoms with Crippen LogP contribution in [0.25, 0.3) is 5.69 Å². The van der Waals surface area contributed by atoms with Crippen molar-refractivity contribution in [2.45, 2.75) is 19.0 Å². The Bertz CT molecular complexity index is 745. The van der Waals surface area contributed by atoms with Crippen molar-refractivity contribution >= 4 is 23.7 Å². The largest absolute Gasteiger partial charge is 0.383 e. The Morgan fingerprint density at radius 1 is 1.32 bits per heavy atom. The third-order valence-corrected chi connectivity index (χ3v) is 4.59. The van der Waals surface area contributed by atoms with Crippen molar-refractivity contribution in [1.82, 2.24) is 20.2 Å². The first kappa shape index (κ1) is 19.0. The first-order valence-electron chi connectivity index (χ1n) is 7.82. The molecule has 7 nitrogen and oxygen atoms in total. The molecule has 1 heterocycles. The molecule has 0 unspecified atom stereocenters. The van der Waals surface area contributed by atoms with E-state index in [0.29, 0.717) is 18.3 Å². The molecule has 8 heteroatoms. The Balaban J connectivity index is 1.94. The summed E-state index contributed by atoms with van der Waals surface area (Å²) >= 11 is 1.28. The lowest BCUT2D eigenvalue weighted by Gasteiger charge is -2.12. The number of rotatable bonds is 7. The van der Waals surface area contributed by atoms with Crippen LogP contribution in [0.4, 0.5) is 4.79 Å². The Kier molecular flexibility index (Phi) is 7.03. The van der Waals surface area contributed by atoms with Crippen molar-refractivity contribution in [3.63, 3.8) is 0 Å². The maximum absolute atomic E-state index is 11.9. The molecule has 2 N–H and O–H groups in total. The highest BCUT2D eigenvalue weighted by Crippen LogP contribution is 2.24. The van der Waals surface area contributed by atoms with E-state index in [1.807, 2.05) is 22.9 Å². The number of hydrogen-bond donors (Lipinski definition) is 2. The van der Waals surface area contributed by atoms with Gasteiger partial charge in [-0.1, -0.05) is 23.9 Å². The van der Waals surface area contributed by atoms with E-state index in [0.717, 1.165) is 11.3 Å². The number of benzene rings is 1. The molecule has 1 aromatic heterocycles. The highest BCUT2D eigenvalue weighted by molar-refractivity contribution is 7.99. The summed E-state index contributed by atoms with van der Waals surface area (Å²) in [7, 11) is 1.54. The second-order valence-corrected chi connectivity index (χ2v) is 6.33. The van der Waals surface area contributed by atoms with Gasteiger partial charge in [-0.15, -0.1) is 0 Å². The summed E-state index contributed by atoms with van der Waals surface area (Å²) in [6.45, 7) is 4.85. The van der Waals surface area contributed by atoms with Gasteiger partial charge in [-0.2, -0.15) is 0 Å². The van der Waals surface area contributed by atoms with E-state index in [1.165, 1.54) is 17.3 Å². The Hall–Kier alpha value is -2.32. The minimum atomic E-state index is -0.527. The summed E-state index contributed by atoms with van der Waals surface area (Å²) in [6, 6.07) is 5.53. The molecule has 134 valence electrons. The standard InChI is InChI=1S/C17H22N4O3S/c1-12-5-4-6-14(13(12)2)21-9-7-19-17(21)25-11-15(22)20-16(23)18-8-10-24-3/h4-7,9H,8,10-11H2,1-3H3,(H2,18,20,22,23). The summed E-state index contributed by atoms with van der Waals surface area (Å²) in [4.78, 5) is 27.7. The number of hydrogen-bond acceptors (Lipinski definition) is 5. The zero-order valence-corrected chi connectivity index (χ0v) is 15.4. The average molecular weight is 362 g/mol. The number of urea groups is 1. The minimum absolute atomic E-state index is 0.0968. The van der Waals surface area contributed by atoms with Crippen LogP contribution in [-0.4, -0.2) is 47.5 Å². The number of nitrogens with zero attached hydrogens (tertiary/aromatic N) is 2. The van der Waals surface area contributed by atoms with Crippen LogP contribution in [0.3, 0.4) is 0 Å². The van der Waals surface area contributed by atoms with E-state index in [9.17, 15) is 9.59 Å². The highest BCUT2D eigenvalue weighted by Gasteiger charge is 2.12. The van der Waals surface area contributed by atoms with E-state index in [1.54, 1.807) is 13.3 Å². The van der Waals surface area contributed by atoms with E-state index >= 15 is 0 Å². The molecule has 3 amide bonds. The van der Waals surface area contributed by atoms with Crippen molar-refractivity contribution in [3.05, 3.63) is 41.7 Å². The fraction of sp³-hybridized carbons (Fsp3) is 0.353. The van der Waals surface area contributed by atoms with Crippen LogP contribution >= 0.6 is 11.8 Å². The molecule has 0 saturated carbocycles. The van der Waals surface area contributed by atoms with Gasteiger partial charge in [-0.25, -0.2) is 9.78 Å². The number of amides is 3. The second-order valence-electron chi connectivity index (χ2n) is 5.38. The number of methoxy groups -OCH3 is 1. The fourth-order valence-electron chi connectivity index (χ4n) is 2.18. The van der Waals surface area contributed by atoms with Gasteiger partial charge in [0, 0.05) is 26.0 Å². The molecule has 0 aliphatic rings. The van der Waals surface area contributed by atoms with E-state index in [2.05, 4.69) is 35.5 Å². The number of imide groups is 1. The number of carbonyl (C=O) groups excluding carboxylic acids is 2. The van der Waals surface area contributed by atoms with Gasteiger partial charge < -0.3 is 10.1 Å². The zero-order valence-electron chi connectivity index (χ0n) is 14.5. The SMILES string of the molecule is COCCNC(=O)NC(=O)CSc1nccn1-c1cccc(C)c1C. The lowest BCUT2D eigenvalue weighted by Crippen LogP contribution is -2.41. The van der Waals surface area contributed by atoms with E-state index in [4.69, 9.17) is 4.74 Å². The predicted molar refractivity (Wildman–Crippen MR) is 97.2 cm³/mol. The van der Waals surface area contributed by atoms with E-state index in [-0.39, 0.29) is 11.7 Å². The molecule has 0 bridgehead atoms. The van der Waals surface area contributed by atoms with Crippen molar-refractivity contribution in [2.24, 2.45) is 0 Å². The lowest BCUT2D eigenvalue weighted by molar-refractivity contribution is -0.117. The number of aryl methyl sites for hydroxylation is 1. The maximum atomic E-state index is 11.9. The Morgan fingerprint density at radius 3 is 2.88 bits per heavy atom. The first-order chi connectivity index (χ1) is 12.0. The number of carbonyl (C=O) groups is 2. The Morgan fingerprint density at radius 2 is 2.12 bits per heavy atom. The minimum Gasteiger partial charge on any atom is -0.383 e. The zero-order chi connectivity index (χ0) is 18.2. The van der Waals surface area contributed by atoms with Crippen LogP contribution in [0.1, 0.15) is 11.1 Å². The molecule has 0 spiro atoms. The number of imidazole rings is 1.